The summed E-state index contributed by atoms with van der Waals surface area (Å²) in [6.45, 7) is 1.95. The fourth-order valence-corrected chi connectivity index (χ4v) is 4.16. The molecule has 0 saturated carbocycles. The molecular weight excluding hydrogens is 627 g/mol. The van der Waals surface area contributed by atoms with E-state index in [0.717, 1.165) is 22.3 Å². The van der Waals surface area contributed by atoms with Crippen molar-refractivity contribution >= 4 is 34.8 Å². The molecule has 0 aromatic heterocycles. The third-order valence-electron chi connectivity index (χ3n) is 5.35. The van der Waals surface area contributed by atoms with Crippen LogP contribution in [0.2, 0.25) is 10.0 Å². The zero-order valence-corrected chi connectivity index (χ0v) is 26.2. The summed E-state index contributed by atoms with van der Waals surface area (Å²) in [5.41, 5.74) is 3.38. The third kappa shape index (κ3) is 11.3. The molecule has 3 aromatic carbocycles. The summed E-state index contributed by atoms with van der Waals surface area (Å²) in [6.07, 6.45) is 7.54. The maximum atomic E-state index is 7.43. The molecule has 3 rings (SSSR count). The predicted molar refractivity (Wildman–Crippen MR) is 187 cm³/mol. The first-order valence-corrected chi connectivity index (χ1v) is 14.0. The van der Waals surface area contributed by atoms with E-state index in [2.05, 4.69) is 125 Å². The van der Waals surface area contributed by atoms with Crippen molar-refractivity contribution in [3.05, 3.63) is 99.0 Å². The minimum atomic E-state index is -1.04. The molecule has 0 fully saturated rings. The molecule has 0 N–H and O–H groups in total. The van der Waals surface area contributed by atoms with Crippen molar-refractivity contribution in [2.75, 3.05) is 0 Å². The van der Waals surface area contributed by atoms with Crippen LogP contribution in [0.4, 0.5) is 0 Å². The number of halogens is 3. The molecular formula is C42H15Cl3O. The van der Waals surface area contributed by atoms with Crippen molar-refractivity contribution in [2.24, 2.45) is 0 Å². The normalized spacial score (nSPS) is 7.98. The van der Waals surface area contributed by atoms with Crippen molar-refractivity contribution in [2.45, 2.75) is 11.8 Å². The van der Waals surface area contributed by atoms with Gasteiger partial charge in [-0.25, -0.2) is 0 Å². The molecule has 0 atom stereocenters. The first-order valence-electron chi connectivity index (χ1n) is 12.9. The van der Waals surface area contributed by atoms with Gasteiger partial charge in [-0.15, -0.1) is 18.0 Å². The zero-order chi connectivity index (χ0) is 32.9. The van der Waals surface area contributed by atoms with Crippen molar-refractivity contribution in [3.63, 3.8) is 0 Å². The number of rotatable bonds is 4. The highest BCUT2D eigenvalue weighted by atomic mass is 35.5. The van der Waals surface area contributed by atoms with Crippen molar-refractivity contribution in [1.29, 1.82) is 0 Å². The Hall–Kier alpha value is -6.51. The molecule has 210 valence electrons. The van der Waals surface area contributed by atoms with Gasteiger partial charge in [0.05, 0.1) is 0 Å². The molecule has 0 amide bonds. The van der Waals surface area contributed by atoms with Crippen LogP contribution in [-0.4, -0.2) is 0 Å². The van der Waals surface area contributed by atoms with Gasteiger partial charge in [0.2, 0.25) is 0 Å². The van der Waals surface area contributed by atoms with E-state index >= 15 is 0 Å². The van der Waals surface area contributed by atoms with Crippen molar-refractivity contribution in [3.8, 4) is 137 Å². The SMILES string of the molecule is C#CC#CC#CC#CC#CC#CC#CC#CC#CC#CC#COc1cc(C)cc(C(Cl)(c2ccc(Cl)cc2)c2ccc(Cl)cc2)c1. The monoisotopic (exact) mass is 640 g/mol. The topological polar surface area (TPSA) is 9.23 Å². The molecule has 0 spiro atoms. The lowest BCUT2D eigenvalue weighted by molar-refractivity contribution is 0.518. The van der Waals surface area contributed by atoms with Crippen LogP contribution in [0.15, 0.2) is 66.7 Å². The average Bonchev–Trinajstić information content (AvgIpc) is 3.05. The van der Waals surface area contributed by atoms with Crippen LogP contribution in [0.1, 0.15) is 22.3 Å². The van der Waals surface area contributed by atoms with E-state index in [4.69, 9.17) is 46.0 Å². The van der Waals surface area contributed by atoms with Crippen LogP contribution in [0.5, 0.6) is 5.75 Å². The van der Waals surface area contributed by atoms with Gasteiger partial charge in [-0.1, -0.05) is 53.5 Å². The fraction of sp³-hybridized carbons (Fsp3) is 0.0476. The van der Waals surface area contributed by atoms with Gasteiger partial charge in [0, 0.05) is 81.1 Å². The molecule has 3 aromatic rings. The molecule has 4 heteroatoms. The Morgan fingerprint density at radius 3 is 1.26 bits per heavy atom. The van der Waals surface area contributed by atoms with Gasteiger partial charge in [0.25, 0.3) is 0 Å². The van der Waals surface area contributed by atoms with Gasteiger partial charge in [0.15, 0.2) is 0 Å². The second-order valence-corrected chi connectivity index (χ2v) is 9.87. The highest BCUT2D eigenvalue weighted by Gasteiger charge is 2.34. The molecule has 0 unspecified atom stereocenters. The number of hydrogen-bond donors (Lipinski definition) is 0. The van der Waals surface area contributed by atoms with Crippen molar-refractivity contribution in [1.82, 2.24) is 0 Å². The van der Waals surface area contributed by atoms with Gasteiger partial charge in [0.1, 0.15) is 16.7 Å². The Morgan fingerprint density at radius 1 is 0.500 bits per heavy atom. The lowest BCUT2D eigenvalue weighted by Crippen LogP contribution is -2.22. The Kier molecular flexibility index (Phi) is 14.0. The predicted octanol–water partition coefficient (Wildman–Crippen LogP) is 6.84. The minimum absolute atomic E-state index is 0.506. The largest absolute Gasteiger partial charge is 0.407 e. The van der Waals surface area contributed by atoms with E-state index in [-0.39, 0.29) is 0 Å². The molecule has 0 bridgehead atoms. The first kappa shape index (κ1) is 34.0. The zero-order valence-electron chi connectivity index (χ0n) is 24.0. The van der Waals surface area contributed by atoms with E-state index in [1.807, 2.05) is 49.4 Å². The van der Waals surface area contributed by atoms with Crippen LogP contribution < -0.4 is 4.74 Å². The second kappa shape index (κ2) is 18.9. The minimum Gasteiger partial charge on any atom is -0.407 e. The van der Waals surface area contributed by atoms with Crippen LogP contribution >= 0.6 is 34.8 Å². The summed E-state index contributed by atoms with van der Waals surface area (Å²) in [4.78, 5) is -1.04. The molecule has 0 radical (unpaired) electrons. The number of ether oxygens (including phenoxy) is 1. The lowest BCUT2D eigenvalue weighted by atomic mass is 9.83. The van der Waals surface area contributed by atoms with Crippen LogP contribution in [0.25, 0.3) is 0 Å². The van der Waals surface area contributed by atoms with Gasteiger partial charge >= 0.3 is 0 Å². The average molecular weight is 642 g/mol. The number of hydrogen-bond acceptors (Lipinski definition) is 1. The summed E-state index contributed by atoms with van der Waals surface area (Å²) >= 11 is 19.7. The van der Waals surface area contributed by atoms with Crippen LogP contribution in [0, 0.1) is 138 Å². The van der Waals surface area contributed by atoms with Gasteiger partial charge in [-0.05, 0) is 113 Å². The second-order valence-electron chi connectivity index (χ2n) is 8.43. The summed E-state index contributed by atoms with van der Waals surface area (Å²) in [5.74, 6) is 50.4. The number of alkyl halides is 1. The number of terminal acetylenes is 1. The molecule has 46 heavy (non-hydrogen) atoms. The Labute approximate surface area is 285 Å². The van der Waals surface area contributed by atoms with E-state index < -0.39 is 4.87 Å². The maximum Gasteiger partial charge on any atom is 0.140 e. The van der Waals surface area contributed by atoms with E-state index in [1.165, 1.54) is 0 Å². The summed E-state index contributed by atoms with van der Waals surface area (Å²) in [7, 11) is 0. The van der Waals surface area contributed by atoms with Crippen LogP contribution in [0.3, 0.4) is 0 Å². The maximum absolute atomic E-state index is 7.43. The van der Waals surface area contributed by atoms with E-state index in [9.17, 15) is 0 Å². The van der Waals surface area contributed by atoms with Crippen molar-refractivity contribution < 1.29 is 4.74 Å². The Morgan fingerprint density at radius 2 is 0.870 bits per heavy atom. The third-order valence-corrected chi connectivity index (χ3v) is 6.51. The van der Waals surface area contributed by atoms with Gasteiger partial charge in [-0.2, -0.15) is 0 Å². The Bertz CT molecular complexity index is 2280. The molecule has 0 heterocycles. The highest BCUT2D eigenvalue weighted by molar-refractivity contribution is 6.31. The molecule has 0 aliphatic carbocycles. The molecule has 0 aliphatic rings. The summed E-state index contributed by atoms with van der Waals surface area (Å²) in [5, 5.41) is 1.22. The highest BCUT2D eigenvalue weighted by Crippen LogP contribution is 2.45. The Balaban J connectivity index is 1.66. The molecule has 0 aliphatic heterocycles. The number of aryl methyl sites for hydroxylation is 1. The smallest absolute Gasteiger partial charge is 0.140 e. The first-order chi connectivity index (χ1) is 22.4. The lowest BCUT2D eigenvalue weighted by Gasteiger charge is -2.30. The van der Waals surface area contributed by atoms with Gasteiger partial charge in [-0.3, -0.25) is 0 Å². The fourth-order valence-electron chi connectivity index (χ4n) is 3.54. The quantitative estimate of drug-likeness (QED) is 0.172. The summed E-state index contributed by atoms with van der Waals surface area (Å²) < 4.78 is 5.66. The standard InChI is InChI=1S/C42H15Cl3O/c1-3-4-5-6-7-8-9-10-11-12-13-14-15-16-17-18-19-20-21-22-31-46-41-33-35(2)32-38(34-41)42(45,36-23-27-39(43)28-24-36)37-25-29-40(44)30-26-37/h1,23-30,32-34H,2H3. The van der Waals surface area contributed by atoms with E-state index in [0.29, 0.717) is 15.8 Å². The van der Waals surface area contributed by atoms with Crippen LogP contribution in [-0.2, 0) is 4.87 Å². The summed E-state index contributed by atoms with van der Waals surface area (Å²) in [6, 6.07) is 20.5. The number of benzene rings is 3. The molecule has 1 nitrogen and oxygen atoms in total. The van der Waals surface area contributed by atoms with E-state index in [1.54, 1.807) is 24.3 Å². The molecule has 0 saturated heterocycles. The van der Waals surface area contributed by atoms with Gasteiger partial charge < -0.3 is 4.74 Å².